The standard InChI is InChI=1S/C7H9ClN4O3/c1-2-9-6(13)4-11-3-5(8)7(10-11)12(14)15/h3H,2,4H2,1H3,(H,9,13). The van der Waals surface area contributed by atoms with Gasteiger partial charge >= 0.3 is 5.82 Å². The fourth-order valence-corrected chi connectivity index (χ4v) is 1.21. The number of nitro groups is 1. The second kappa shape index (κ2) is 4.74. The van der Waals surface area contributed by atoms with E-state index in [0.29, 0.717) is 6.54 Å². The van der Waals surface area contributed by atoms with Crippen LogP contribution in [-0.2, 0) is 11.3 Å². The third kappa shape index (κ3) is 2.91. The number of halogens is 1. The van der Waals surface area contributed by atoms with E-state index in [0.717, 1.165) is 4.68 Å². The monoisotopic (exact) mass is 232 g/mol. The van der Waals surface area contributed by atoms with Crippen LogP contribution >= 0.6 is 11.6 Å². The third-order valence-electron chi connectivity index (χ3n) is 1.55. The smallest absolute Gasteiger partial charge is 0.358 e. The minimum absolute atomic E-state index is 0.0794. The fraction of sp³-hybridized carbons (Fsp3) is 0.429. The molecule has 82 valence electrons. The molecule has 0 spiro atoms. The molecule has 1 amide bonds. The van der Waals surface area contributed by atoms with Gasteiger partial charge in [-0.05, 0) is 11.8 Å². The molecule has 0 unspecified atom stereocenters. The summed E-state index contributed by atoms with van der Waals surface area (Å²) >= 11 is 5.54. The van der Waals surface area contributed by atoms with E-state index in [2.05, 4.69) is 10.4 Å². The summed E-state index contributed by atoms with van der Waals surface area (Å²) in [7, 11) is 0. The Kier molecular flexibility index (Phi) is 3.62. The molecule has 0 radical (unpaired) electrons. The predicted octanol–water partition coefficient (Wildman–Crippen LogP) is 0.581. The fourth-order valence-electron chi connectivity index (χ4n) is 0.992. The van der Waals surface area contributed by atoms with Gasteiger partial charge in [-0.15, -0.1) is 0 Å². The highest BCUT2D eigenvalue weighted by Crippen LogP contribution is 2.20. The lowest BCUT2D eigenvalue weighted by molar-refractivity contribution is -0.389. The largest absolute Gasteiger partial charge is 0.408 e. The van der Waals surface area contributed by atoms with Crippen LogP contribution in [0.15, 0.2) is 6.20 Å². The van der Waals surface area contributed by atoms with Gasteiger partial charge in [0.15, 0.2) is 5.02 Å². The number of nitrogens with one attached hydrogen (secondary N) is 1. The molecule has 1 aromatic heterocycles. The summed E-state index contributed by atoms with van der Waals surface area (Å²) in [5.74, 6) is -0.715. The number of likely N-dealkylation sites (N-methyl/N-ethyl adjacent to an activating group) is 1. The number of carbonyl (C=O) groups excluding carboxylic acids is 1. The number of hydrogen-bond donors (Lipinski definition) is 1. The van der Waals surface area contributed by atoms with Gasteiger partial charge in [0.2, 0.25) is 5.91 Å². The molecule has 1 aromatic rings. The number of hydrogen-bond acceptors (Lipinski definition) is 4. The number of amides is 1. The summed E-state index contributed by atoms with van der Waals surface area (Å²) < 4.78 is 1.13. The zero-order valence-corrected chi connectivity index (χ0v) is 8.69. The zero-order chi connectivity index (χ0) is 11.4. The molecule has 0 aromatic carbocycles. The van der Waals surface area contributed by atoms with Crippen molar-refractivity contribution in [2.75, 3.05) is 6.54 Å². The van der Waals surface area contributed by atoms with E-state index >= 15 is 0 Å². The van der Waals surface area contributed by atoms with E-state index in [9.17, 15) is 14.9 Å². The molecule has 1 rings (SSSR count). The zero-order valence-electron chi connectivity index (χ0n) is 7.94. The van der Waals surface area contributed by atoms with Crippen LogP contribution < -0.4 is 5.32 Å². The van der Waals surface area contributed by atoms with Crippen LogP contribution in [0.2, 0.25) is 5.02 Å². The average molecular weight is 233 g/mol. The SMILES string of the molecule is CCNC(=O)Cn1cc(Cl)c([N+](=O)[O-])n1. The molecule has 0 aliphatic carbocycles. The number of carbonyl (C=O) groups is 1. The first-order valence-electron chi connectivity index (χ1n) is 4.18. The van der Waals surface area contributed by atoms with Crippen LogP contribution in [0.25, 0.3) is 0 Å². The van der Waals surface area contributed by atoms with Crippen LogP contribution in [0, 0.1) is 10.1 Å². The Morgan fingerprint density at radius 1 is 1.80 bits per heavy atom. The normalized spacial score (nSPS) is 10.0. The Morgan fingerprint density at radius 2 is 2.47 bits per heavy atom. The molecule has 1 N–H and O–H groups in total. The average Bonchev–Trinajstić information content (AvgIpc) is 2.47. The quantitative estimate of drug-likeness (QED) is 0.607. The minimum Gasteiger partial charge on any atom is -0.358 e. The van der Waals surface area contributed by atoms with Gasteiger partial charge in [-0.25, -0.2) is 0 Å². The van der Waals surface area contributed by atoms with Crippen LogP contribution in [0.3, 0.4) is 0 Å². The van der Waals surface area contributed by atoms with Gasteiger partial charge < -0.3 is 15.4 Å². The van der Waals surface area contributed by atoms with Crippen molar-refractivity contribution >= 4 is 23.3 Å². The molecule has 0 saturated heterocycles. The lowest BCUT2D eigenvalue weighted by atomic mass is 10.5. The molecule has 0 aliphatic rings. The first-order chi connectivity index (χ1) is 7.04. The van der Waals surface area contributed by atoms with Gasteiger partial charge in [0.1, 0.15) is 6.54 Å². The second-order valence-electron chi connectivity index (χ2n) is 2.71. The molecular formula is C7H9ClN4O3. The van der Waals surface area contributed by atoms with E-state index in [1.54, 1.807) is 6.92 Å². The van der Waals surface area contributed by atoms with E-state index in [1.807, 2.05) is 0 Å². The van der Waals surface area contributed by atoms with Crippen molar-refractivity contribution < 1.29 is 9.72 Å². The summed E-state index contributed by atoms with van der Waals surface area (Å²) in [6.45, 7) is 2.19. The van der Waals surface area contributed by atoms with Crippen molar-refractivity contribution in [1.29, 1.82) is 0 Å². The van der Waals surface area contributed by atoms with E-state index in [-0.39, 0.29) is 17.5 Å². The highest BCUT2D eigenvalue weighted by atomic mass is 35.5. The van der Waals surface area contributed by atoms with Gasteiger partial charge in [0.05, 0.1) is 11.3 Å². The van der Waals surface area contributed by atoms with Crippen molar-refractivity contribution in [3.8, 4) is 0 Å². The maximum Gasteiger partial charge on any atom is 0.408 e. The van der Waals surface area contributed by atoms with Gasteiger partial charge in [-0.3, -0.25) is 4.79 Å². The van der Waals surface area contributed by atoms with Crippen LogP contribution in [-0.4, -0.2) is 27.2 Å². The summed E-state index contributed by atoms with van der Waals surface area (Å²) in [6, 6.07) is 0. The number of nitrogens with zero attached hydrogens (tertiary/aromatic N) is 3. The Morgan fingerprint density at radius 3 is 2.93 bits per heavy atom. The van der Waals surface area contributed by atoms with E-state index in [1.165, 1.54) is 6.20 Å². The molecule has 0 atom stereocenters. The molecule has 0 saturated carbocycles. The molecule has 0 bridgehead atoms. The Hall–Kier alpha value is -1.63. The van der Waals surface area contributed by atoms with Crippen molar-refractivity contribution in [3.63, 3.8) is 0 Å². The van der Waals surface area contributed by atoms with Crippen molar-refractivity contribution in [2.45, 2.75) is 13.5 Å². The van der Waals surface area contributed by atoms with Gasteiger partial charge in [-0.1, -0.05) is 11.6 Å². The van der Waals surface area contributed by atoms with Gasteiger partial charge in [-0.2, -0.15) is 4.68 Å². The van der Waals surface area contributed by atoms with Crippen molar-refractivity contribution in [1.82, 2.24) is 15.1 Å². The van der Waals surface area contributed by atoms with E-state index < -0.39 is 10.7 Å². The summed E-state index contributed by atoms with van der Waals surface area (Å²) in [6.07, 6.45) is 1.24. The highest BCUT2D eigenvalue weighted by Gasteiger charge is 2.19. The maximum atomic E-state index is 11.1. The van der Waals surface area contributed by atoms with Gasteiger partial charge in [0.25, 0.3) is 0 Å². The highest BCUT2D eigenvalue weighted by molar-refractivity contribution is 6.32. The van der Waals surface area contributed by atoms with Gasteiger partial charge in [0, 0.05) is 6.54 Å². The lowest BCUT2D eigenvalue weighted by Gasteiger charge is -1.97. The molecule has 8 heteroatoms. The topological polar surface area (TPSA) is 90.1 Å². The van der Waals surface area contributed by atoms with Crippen molar-refractivity contribution in [2.24, 2.45) is 0 Å². The Balaban J connectivity index is 2.75. The Bertz CT molecular complexity index is 390. The van der Waals surface area contributed by atoms with E-state index in [4.69, 9.17) is 11.6 Å². The maximum absolute atomic E-state index is 11.1. The summed E-state index contributed by atoms with van der Waals surface area (Å²) in [5.41, 5.74) is 0. The van der Waals surface area contributed by atoms with Crippen LogP contribution in [0.5, 0.6) is 0 Å². The van der Waals surface area contributed by atoms with Crippen LogP contribution in [0.1, 0.15) is 6.92 Å². The first-order valence-corrected chi connectivity index (χ1v) is 4.56. The first kappa shape index (κ1) is 11.4. The number of aromatic nitrogens is 2. The second-order valence-corrected chi connectivity index (χ2v) is 3.12. The molecule has 15 heavy (non-hydrogen) atoms. The summed E-state index contributed by atoms with van der Waals surface area (Å²) in [5, 5.41) is 16.4. The Labute approximate surface area is 90.2 Å². The lowest BCUT2D eigenvalue weighted by Crippen LogP contribution is -2.27. The van der Waals surface area contributed by atoms with Crippen LogP contribution in [0.4, 0.5) is 5.82 Å². The molecule has 0 aliphatic heterocycles. The molecule has 1 heterocycles. The molecule has 0 fully saturated rings. The van der Waals surface area contributed by atoms with Crippen molar-refractivity contribution in [3.05, 3.63) is 21.3 Å². The minimum atomic E-state index is -0.698. The summed E-state index contributed by atoms with van der Waals surface area (Å²) in [4.78, 5) is 20.8. The third-order valence-corrected chi connectivity index (χ3v) is 1.82. The molecule has 7 nitrogen and oxygen atoms in total. The predicted molar refractivity (Wildman–Crippen MR) is 52.6 cm³/mol. The molecular weight excluding hydrogens is 224 g/mol. The number of rotatable bonds is 4.